The van der Waals surface area contributed by atoms with Crippen LogP contribution in [-0.2, 0) is 6.54 Å². The smallest absolute Gasteiger partial charge is 0.148 e. The second-order valence-corrected chi connectivity index (χ2v) is 3.99. The summed E-state index contributed by atoms with van der Waals surface area (Å²) in [6, 6.07) is 8.58. The number of rotatable bonds is 7. The Morgan fingerprint density at radius 2 is 2.00 bits per heavy atom. The van der Waals surface area contributed by atoms with Crippen molar-refractivity contribution in [3.63, 3.8) is 0 Å². The van der Waals surface area contributed by atoms with E-state index >= 15 is 0 Å². The third kappa shape index (κ3) is 4.50. The van der Waals surface area contributed by atoms with Gasteiger partial charge in [0.15, 0.2) is 0 Å². The molecule has 2 heteroatoms. The minimum Gasteiger partial charge on any atom is -0.481 e. The lowest BCUT2D eigenvalue weighted by molar-refractivity contribution is 0.362. The van der Waals surface area contributed by atoms with E-state index in [-0.39, 0.29) is 0 Å². The van der Waals surface area contributed by atoms with E-state index in [9.17, 15) is 0 Å². The van der Waals surface area contributed by atoms with Crippen molar-refractivity contribution in [1.82, 2.24) is 5.32 Å². The van der Waals surface area contributed by atoms with Gasteiger partial charge in [-0.2, -0.15) is 0 Å². The third-order valence-electron chi connectivity index (χ3n) is 2.85. The molecule has 0 radical (unpaired) electrons. The third-order valence-corrected chi connectivity index (χ3v) is 2.85. The minimum absolute atomic E-state index is 0.321. The fourth-order valence-electron chi connectivity index (χ4n) is 1.74. The molecule has 2 nitrogen and oxygen atoms in total. The summed E-state index contributed by atoms with van der Waals surface area (Å²) in [6.45, 7) is 5.54. The van der Waals surface area contributed by atoms with Crippen LogP contribution in [0.15, 0.2) is 24.3 Å². The Bertz CT molecular complexity index is 363. The standard InChI is InChI=1S/C15H21NO/c1-4-11-17-15-10-8-7-9-13(15)12-16-14(5-2)6-3/h1,7-10,14,16H,5-6,11-12H2,2-3H3. The van der Waals surface area contributed by atoms with Crippen molar-refractivity contribution in [3.8, 4) is 18.1 Å². The van der Waals surface area contributed by atoms with Gasteiger partial charge in [-0.15, -0.1) is 6.42 Å². The molecule has 0 aliphatic carbocycles. The summed E-state index contributed by atoms with van der Waals surface area (Å²) in [4.78, 5) is 0. The van der Waals surface area contributed by atoms with Crippen molar-refractivity contribution >= 4 is 0 Å². The fourth-order valence-corrected chi connectivity index (χ4v) is 1.74. The lowest BCUT2D eigenvalue weighted by atomic mass is 10.1. The molecule has 0 atom stereocenters. The maximum Gasteiger partial charge on any atom is 0.148 e. The molecule has 1 aromatic carbocycles. The molecule has 92 valence electrons. The van der Waals surface area contributed by atoms with E-state index in [1.807, 2.05) is 18.2 Å². The van der Waals surface area contributed by atoms with Gasteiger partial charge in [-0.3, -0.25) is 0 Å². The summed E-state index contributed by atoms with van der Waals surface area (Å²) >= 11 is 0. The molecule has 17 heavy (non-hydrogen) atoms. The van der Waals surface area contributed by atoms with Crippen LogP contribution in [0, 0.1) is 12.3 Å². The van der Waals surface area contributed by atoms with Crippen LogP contribution in [0.2, 0.25) is 0 Å². The van der Waals surface area contributed by atoms with Crippen LogP contribution in [0.4, 0.5) is 0 Å². The van der Waals surface area contributed by atoms with Gasteiger partial charge in [-0.25, -0.2) is 0 Å². The summed E-state index contributed by atoms with van der Waals surface area (Å²) in [5, 5.41) is 3.52. The van der Waals surface area contributed by atoms with Crippen LogP contribution < -0.4 is 10.1 Å². The van der Waals surface area contributed by atoms with Crippen molar-refractivity contribution in [2.75, 3.05) is 6.61 Å². The first-order valence-corrected chi connectivity index (χ1v) is 6.19. The fraction of sp³-hybridized carbons (Fsp3) is 0.467. The lowest BCUT2D eigenvalue weighted by Crippen LogP contribution is -2.27. The van der Waals surface area contributed by atoms with Crippen LogP contribution in [0.1, 0.15) is 32.3 Å². The predicted molar refractivity (Wildman–Crippen MR) is 72.0 cm³/mol. The molecule has 0 heterocycles. The van der Waals surface area contributed by atoms with E-state index in [0.717, 1.165) is 30.7 Å². The van der Waals surface area contributed by atoms with Gasteiger partial charge in [0.05, 0.1) is 0 Å². The Hall–Kier alpha value is -1.46. The second kappa shape index (κ2) is 7.76. The highest BCUT2D eigenvalue weighted by atomic mass is 16.5. The molecular weight excluding hydrogens is 210 g/mol. The van der Waals surface area contributed by atoms with Gasteiger partial charge in [-0.05, 0) is 18.9 Å². The van der Waals surface area contributed by atoms with Crippen molar-refractivity contribution in [3.05, 3.63) is 29.8 Å². The quantitative estimate of drug-likeness (QED) is 0.728. The molecule has 0 aliphatic rings. The molecule has 0 fully saturated rings. The van der Waals surface area contributed by atoms with E-state index < -0.39 is 0 Å². The van der Waals surface area contributed by atoms with Crippen LogP contribution in [0.5, 0.6) is 5.75 Å². The van der Waals surface area contributed by atoms with Crippen LogP contribution in [0.25, 0.3) is 0 Å². The predicted octanol–water partition coefficient (Wildman–Crippen LogP) is 2.98. The molecular formula is C15H21NO. The average molecular weight is 231 g/mol. The zero-order chi connectivity index (χ0) is 12.5. The zero-order valence-electron chi connectivity index (χ0n) is 10.7. The Morgan fingerprint density at radius 3 is 2.65 bits per heavy atom. The van der Waals surface area contributed by atoms with Crippen molar-refractivity contribution in [1.29, 1.82) is 0 Å². The van der Waals surface area contributed by atoms with E-state index in [1.54, 1.807) is 0 Å². The molecule has 0 saturated carbocycles. The van der Waals surface area contributed by atoms with Gasteiger partial charge in [0.2, 0.25) is 0 Å². The average Bonchev–Trinajstić information content (AvgIpc) is 2.38. The number of para-hydroxylation sites is 1. The van der Waals surface area contributed by atoms with Gasteiger partial charge < -0.3 is 10.1 Å². The molecule has 0 amide bonds. The highest BCUT2D eigenvalue weighted by Gasteiger charge is 2.05. The molecule has 0 unspecified atom stereocenters. The first-order chi connectivity index (χ1) is 8.31. The van der Waals surface area contributed by atoms with E-state index in [1.165, 1.54) is 0 Å². The first-order valence-electron chi connectivity index (χ1n) is 6.19. The molecule has 1 aromatic rings. The number of ether oxygens (including phenoxy) is 1. The minimum atomic E-state index is 0.321. The number of nitrogens with one attached hydrogen (secondary N) is 1. The Kier molecular flexibility index (Phi) is 6.21. The van der Waals surface area contributed by atoms with E-state index in [2.05, 4.69) is 31.2 Å². The van der Waals surface area contributed by atoms with Crippen LogP contribution >= 0.6 is 0 Å². The first kappa shape index (κ1) is 13.6. The number of hydrogen-bond acceptors (Lipinski definition) is 2. The SMILES string of the molecule is C#CCOc1ccccc1CNC(CC)CC. The Balaban J connectivity index is 2.60. The number of benzene rings is 1. The summed E-state index contributed by atoms with van der Waals surface area (Å²) in [5.74, 6) is 3.37. The maximum absolute atomic E-state index is 5.51. The van der Waals surface area contributed by atoms with Crippen LogP contribution in [0.3, 0.4) is 0 Å². The summed E-state index contributed by atoms with van der Waals surface area (Å²) in [6.07, 6.45) is 7.49. The number of hydrogen-bond donors (Lipinski definition) is 1. The number of terminal acetylenes is 1. The topological polar surface area (TPSA) is 21.3 Å². The molecule has 0 spiro atoms. The summed E-state index contributed by atoms with van der Waals surface area (Å²) < 4.78 is 5.51. The molecule has 0 saturated heterocycles. The zero-order valence-corrected chi connectivity index (χ0v) is 10.7. The van der Waals surface area contributed by atoms with Gasteiger partial charge in [0.1, 0.15) is 12.4 Å². The van der Waals surface area contributed by atoms with Gasteiger partial charge in [0.25, 0.3) is 0 Å². The molecule has 1 rings (SSSR count). The molecule has 1 N–H and O–H groups in total. The Morgan fingerprint density at radius 1 is 1.29 bits per heavy atom. The molecule has 0 aliphatic heterocycles. The maximum atomic E-state index is 5.51. The van der Waals surface area contributed by atoms with Crippen molar-refractivity contribution in [2.24, 2.45) is 0 Å². The summed E-state index contributed by atoms with van der Waals surface area (Å²) in [7, 11) is 0. The van der Waals surface area contributed by atoms with Crippen molar-refractivity contribution in [2.45, 2.75) is 39.3 Å². The van der Waals surface area contributed by atoms with Gasteiger partial charge in [-0.1, -0.05) is 38.0 Å². The highest BCUT2D eigenvalue weighted by molar-refractivity contribution is 5.33. The van der Waals surface area contributed by atoms with E-state index in [0.29, 0.717) is 12.6 Å². The second-order valence-electron chi connectivity index (χ2n) is 3.99. The normalized spacial score (nSPS) is 10.2. The van der Waals surface area contributed by atoms with Crippen LogP contribution in [-0.4, -0.2) is 12.6 Å². The van der Waals surface area contributed by atoms with Gasteiger partial charge >= 0.3 is 0 Å². The Labute approximate surface area is 104 Å². The largest absolute Gasteiger partial charge is 0.481 e. The van der Waals surface area contributed by atoms with E-state index in [4.69, 9.17) is 11.2 Å². The lowest BCUT2D eigenvalue weighted by Gasteiger charge is -2.16. The monoisotopic (exact) mass is 231 g/mol. The van der Waals surface area contributed by atoms with Crippen molar-refractivity contribution < 1.29 is 4.74 Å². The molecule has 0 aromatic heterocycles. The molecule has 0 bridgehead atoms. The van der Waals surface area contributed by atoms with Gasteiger partial charge in [0, 0.05) is 18.2 Å². The summed E-state index contributed by atoms with van der Waals surface area (Å²) in [5.41, 5.74) is 1.16. The highest BCUT2D eigenvalue weighted by Crippen LogP contribution is 2.17.